The van der Waals surface area contributed by atoms with Gasteiger partial charge >= 0.3 is 0 Å². The standard InChI is InChI=1S/C28H36N4O5/c1-4-5-16-37-22-9-7-21(8-10-22)23-18-24-28(34)31(14-15-32(24)30-23)19-27(33)29-13-12-20-6-11-25(35-2)26(17-20)36-3/h6-11,14-15,17,23-24,30H,4-5,12-13,16,18-19H2,1-3H3,(H,29,33). The first kappa shape index (κ1) is 26.3. The van der Waals surface area contributed by atoms with Gasteiger partial charge in [0.2, 0.25) is 5.91 Å². The number of carbonyl (C=O) groups excluding carboxylic acids is 2. The van der Waals surface area contributed by atoms with Gasteiger partial charge in [-0.1, -0.05) is 31.5 Å². The van der Waals surface area contributed by atoms with Gasteiger partial charge in [-0.15, -0.1) is 0 Å². The first-order valence-corrected chi connectivity index (χ1v) is 12.8. The van der Waals surface area contributed by atoms with Crippen molar-refractivity contribution >= 4 is 11.8 Å². The van der Waals surface area contributed by atoms with E-state index in [4.69, 9.17) is 14.2 Å². The zero-order valence-electron chi connectivity index (χ0n) is 21.7. The molecule has 0 spiro atoms. The predicted molar refractivity (Wildman–Crippen MR) is 140 cm³/mol. The number of nitrogens with zero attached hydrogens (tertiary/aromatic N) is 2. The molecule has 2 N–H and O–H groups in total. The van der Waals surface area contributed by atoms with Gasteiger partial charge in [-0.05, 0) is 54.7 Å². The third-order valence-corrected chi connectivity index (χ3v) is 6.62. The second-order valence-corrected chi connectivity index (χ2v) is 9.17. The van der Waals surface area contributed by atoms with E-state index < -0.39 is 0 Å². The number of hydrogen-bond donors (Lipinski definition) is 2. The zero-order valence-corrected chi connectivity index (χ0v) is 21.7. The third-order valence-electron chi connectivity index (χ3n) is 6.62. The number of ether oxygens (including phenoxy) is 3. The Bertz CT molecular complexity index is 1100. The molecule has 0 aliphatic carbocycles. The van der Waals surface area contributed by atoms with E-state index in [0.29, 0.717) is 37.5 Å². The Morgan fingerprint density at radius 2 is 1.86 bits per heavy atom. The van der Waals surface area contributed by atoms with Crippen LogP contribution in [-0.2, 0) is 16.0 Å². The lowest BCUT2D eigenvalue weighted by Gasteiger charge is -2.31. The van der Waals surface area contributed by atoms with E-state index in [1.807, 2.05) is 53.7 Å². The van der Waals surface area contributed by atoms with Gasteiger partial charge in [0.1, 0.15) is 18.3 Å². The highest BCUT2D eigenvalue weighted by Gasteiger charge is 2.40. The number of fused-ring (bicyclic) bond motifs is 1. The monoisotopic (exact) mass is 508 g/mol. The van der Waals surface area contributed by atoms with E-state index in [0.717, 1.165) is 29.7 Å². The minimum absolute atomic E-state index is 0.0126. The van der Waals surface area contributed by atoms with Crippen molar-refractivity contribution in [3.05, 3.63) is 66.0 Å². The highest BCUT2D eigenvalue weighted by atomic mass is 16.5. The average Bonchev–Trinajstić information content (AvgIpc) is 3.36. The van der Waals surface area contributed by atoms with Crippen molar-refractivity contribution in [1.82, 2.24) is 20.7 Å². The van der Waals surface area contributed by atoms with Gasteiger partial charge in [0, 0.05) is 18.9 Å². The van der Waals surface area contributed by atoms with Crippen LogP contribution in [0.15, 0.2) is 54.9 Å². The maximum Gasteiger partial charge on any atom is 0.251 e. The fraction of sp³-hybridized carbons (Fsp3) is 0.429. The maximum absolute atomic E-state index is 13.1. The summed E-state index contributed by atoms with van der Waals surface area (Å²) in [6.45, 7) is 3.29. The van der Waals surface area contributed by atoms with Gasteiger partial charge in [-0.3, -0.25) is 9.59 Å². The van der Waals surface area contributed by atoms with Crippen molar-refractivity contribution < 1.29 is 23.8 Å². The van der Waals surface area contributed by atoms with Gasteiger partial charge in [0.25, 0.3) is 5.91 Å². The van der Waals surface area contributed by atoms with Crippen LogP contribution in [0.3, 0.4) is 0 Å². The lowest BCUT2D eigenvalue weighted by atomic mass is 10.0. The number of hydrazine groups is 1. The van der Waals surface area contributed by atoms with Crippen LogP contribution < -0.4 is 25.0 Å². The number of benzene rings is 2. The molecule has 2 aliphatic rings. The van der Waals surface area contributed by atoms with Crippen molar-refractivity contribution in [2.24, 2.45) is 0 Å². The molecule has 2 atom stereocenters. The summed E-state index contributed by atoms with van der Waals surface area (Å²) in [5, 5.41) is 4.74. The lowest BCUT2D eigenvalue weighted by molar-refractivity contribution is -0.138. The molecule has 2 aromatic carbocycles. The summed E-state index contributed by atoms with van der Waals surface area (Å²) in [5.74, 6) is 1.88. The number of rotatable bonds is 12. The van der Waals surface area contributed by atoms with E-state index in [-0.39, 0.29) is 30.4 Å². The molecule has 0 radical (unpaired) electrons. The Hall–Kier alpha value is -3.72. The second kappa shape index (κ2) is 12.5. The van der Waals surface area contributed by atoms with Crippen molar-refractivity contribution in [2.75, 3.05) is 33.9 Å². The third kappa shape index (κ3) is 6.54. The van der Waals surface area contributed by atoms with Crippen LogP contribution in [0, 0.1) is 0 Å². The van der Waals surface area contributed by atoms with E-state index in [1.54, 1.807) is 20.4 Å². The van der Waals surface area contributed by atoms with Crippen molar-refractivity contribution in [1.29, 1.82) is 0 Å². The molecule has 9 nitrogen and oxygen atoms in total. The summed E-state index contributed by atoms with van der Waals surface area (Å²) in [6.07, 6.45) is 6.87. The molecular weight excluding hydrogens is 472 g/mol. The molecule has 2 amide bonds. The Morgan fingerprint density at radius 1 is 1.08 bits per heavy atom. The molecule has 4 rings (SSSR count). The van der Waals surface area contributed by atoms with Gasteiger partial charge in [-0.25, -0.2) is 5.43 Å². The second-order valence-electron chi connectivity index (χ2n) is 9.17. The average molecular weight is 509 g/mol. The number of carbonyl (C=O) groups is 2. The quantitative estimate of drug-likeness (QED) is 0.426. The SMILES string of the molecule is CCCCOc1ccc(C2CC3C(=O)N(CC(=O)NCCc4ccc(OC)c(OC)c4)C=CN3N2)cc1. The van der Waals surface area contributed by atoms with E-state index in [1.165, 1.54) is 4.90 Å². The molecule has 2 aliphatic heterocycles. The Kier molecular flexibility index (Phi) is 8.90. The Morgan fingerprint density at radius 3 is 2.59 bits per heavy atom. The fourth-order valence-electron chi connectivity index (χ4n) is 4.51. The number of methoxy groups -OCH3 is 2. The predicted octanol–water partition coefficient (Wildman–Crippen LogP) is 3.18. The topological polar surface area (TPSA) is 92.4 Å². The molecule has 1 fully saturated rings. The largest absolute Gasteiger partial charge is 0.494 e. The molecule has 2 unspecified atom stereocenters. The number of hydrogen-bond acceptors (Lipinski definition) is 7. The normalized spacial score (nSPS) is 18.5. The van der Waals surface area contributed by atoms with Crippen molar-refractivity contribution in [2.45, 2.75) is 44.7 Å². The molecule has 9 heteroatoms. The molecule has 198 valence electrons. The number of nitrogens with one attached hydrogen (secondary N) is 2. The van der Waals surface area contributed by atoms with Crippen molar-refractivity contribution in [3.63, 3.8) is 0 Å². The molecule has 0 saturated carbocycles. The smallest absolute Gasteiger partial charge is 0.251 e. The van der Waals surface area contributed by atoms with Gasteiger partial charge < -0.3 is 29.4 Å². The van der Waals surface area contributed by atoms with Gasteiger partial charge in [0.05, 0.1) is 26.9 Å². The van der Waals surface area contributed by atoms with Crippen LogP contribution >= 0.6 is 0 Å². The van der Waals surface area contributed by atoms with Crippen LogP contribution in [-0.4, -0.2) is 61.7 Å². The molecule has 0 aromatic heterocycles. The first-order valence-electron chi connectivity index (χ1n) is 12.8. The summed E-state index contributed by atoms with van der Waals surface area (Å²) in [6, 6.07) is 13.4. The highest BCUT2D eigenvalue weighted by Crippen LogP contribution is 2.31. The van der Waals surface area contributed by atoms with Gasteiger partial charge in [-0.2, -0.15) is 0 Å². The van der Waals surface area contributed by atoms with Crippen LogP contribution in [0.4, 0.5) is 0 Å². The van der Waals surface area contributed by atoms with E-state index >= 15 is 0 Å². The van der Waals surface area contributed by atoms with E-state index in [2.05, 4.69) is 17.7 Å². The van der Waals surface area contributed by atoms with E-state index in [9.17, 15) is 9.59 Å². The summed E-state index contributed by atoms with van der Waals surface area (Å²) in [4.78, 5) is 27.2. The first-order chi connectivity index (χ1) is 18.0. The molecular formula is C28H36N4O5. The summed E-state index contributed by atoms with van der Waals surface area (Å²) in [5.41, 5.74) is 5.51. The van der Waals surface area contributed by atoms with Crippen LogP contribution in [0.1, 0.15) is 43.4 Å². The zero-order chi connectivity index (χ0) is 26.2. The molecule has 1 saturated heterocycles. The molecule has 2 aromatic rings. The number of amides is 2. The molecule has 2 heterocycles. The van der Waals surface area contributed by atoms with Crippen LogP contribution in [0.2, 0.25) is 0 Å². The maximum atomic E-state index is 13.1. The van der Waals surface area contributed by atoms with Crippen molar-refractivity contribution in [3.8, 4) is 17.2 Å². The molecule has 37 heavy (non-hydrogen) atoms. The van der Waals surface area contributed by atoms with Gasteiger partial charge in [0.15, 0.2) is 11.5 Å². The fourth-order valence-corrected chi connectivity index (χ4v) is 4.51. The summed E-state index contributed by atoms with van der Waals surface area (Å²) in [7, 11) is 3.19. The highest BCUT2D eigenvalue weighted by molar-refractivity contribution is 5.89. The minimum atomic E-state index is -0.352. The van der Waals surface area contributed by atoms with Crippen LogP contribution in [0.25, 0.3) is 0 Å². The van der Waals surface area contributed by atoms with Crippen LogP contribution in [0.5, 0.6) is 17.2 Å². The summed E-state index contributed by atoms with van der Waals surface area (Å²) >= 11 is 0. The molecule has 0 bridgehead atoms. The summed E-state index contributed by atoms with van der Waals surface area (Å²) < 4.78 is 16.3. The lowest BCUT2D eigenvalue weighted by Crippen LogP contribution is -2.50. The Balaban J connectivity index is 1.25. The number of unbranched alkanes of at least 4 members (excludes halogenated alkanes) is 1. The minimum Gasteiger partial charge on any atom is -0.494 e. The Labute approximate surface area is 218 Å².